The van der Waals surface area contributed by atoms with Gasteiger partial charge in [-0.05, 0) is 12.8 Å². The summed E-state index contributed by atoms with van der Waals surface area (Å²) < 4.78 is 21.9. The van der Waals surface area contributed by atoms with Crippen molar-refractivity contribution in [3.63, 3.8) is 0 Å². The van der Waals surface area contributed by atoms with Crippen LogP contribution in [0.25, 0.3) is 0 Å². The van der Waals surface area contributed by atoms with E-state index in [1.807, 2.05) is 0 Å². The van der Waals surface area contributed by atoms with Crippen LogP contribution in [0, 0.1) is 0 Å². The maximum absolute atomic E-state index is 12.7. The lowest BCUT2D eigenvalue weighted by molar-refractivity contribution is -0.125. The maximum atomic E-state index is 12.7. The van der Waals surface area contributed by atoms with Crippen LogP contribution in [0.4, 0.5) is 0 Å². The molecular formula is C32H67N2O7P. The van der Waals surface area contributed by atoms with E-state index in [-0.39, 0.29) is 26.2 Å². The van der Waals surface area contributed by atoms with Crippen molar-refractivity contribution in [3.05, 3.63) is 0 Å². The Morgan fingerprint density at radius 3 is 1.60 bits per heavy atom. The van der Waals surface area contributed by atoms with E-state index in [0.717, 1.165) is 38.5 Å². The number of hydrogen-bond acceptors (Lipinski definition) is 7. The van der Waals surface area contributed by atoms with Gasteiger partial charge in [0.05, 0.1) is 37.9 Å². The molecule has 0 aromatic carbocycles. The predicted molar refractivity (Wildman–Crippen MR) is 172 cm³/mol. The van der Waals surface area contributed by atoms with Crippen molar-refractivity contribution in [2.75, 3.05) is 19.8 Å². The van der Waals surface area contributed by atoms with Gasteiger partial charge in [-0.1, -0.05) is 142 Å². The number of unbranched alkanes of at least 4 members (excludes halogenated alkanes) is 18. The summed E-state index contributed by atoms with van der Waals surface area (Å²) in [6, 6.07) is -0.886. The second-order valence-corrected chi connectivity index (χ2v) is 13.4. The van der Waals surface area contributed by atoms with Crippen LogP contribution in [0.15, 0.2) is 0 Å². The first kappa shape index (κ1) is 41.5. The van der Waals surface area contributed by atoms with Crippen molar-refractivity contribution in [1.82, 2.24) is 5.32 Å². The lowest BCUT2D eigenvalue weighted by Gasteiger charge is -2.25. The van der Waals surface area contributed by atoms with Crippen molar-refractivity contribution in [3.8, 4) is 0 Å². The molecule has 0 aliphatic heterocycles. The highest BCUT2D eigenvalue weighted by atomic mass is 31.2. The minimum absolute atomic E-state index is 0.0618. The van der Waals surface area contributed by atoms with E-state index in [1.54, 1.807) is 0 Å². The monoisotopic (exact) mass is 622 g/mol. The van der Waals surface area contributed by atoms with Crippen molar-refractivity contribution in [1.29, 1.82) is 0 Å². The lowest BCUT2D eigenvalue weighted by atomic mass is 10.0. The van der Waals surface area contributed by atoms with E-state index in [4.69, 9.17) is 14.8 Å². The van der Waals surface area contributed by atoms with Crippen LogP contribution in [0.2, 0.25) is 0 Å². The Morgan fingerprint density at radius 1 is 0.714 bits per heavy atom. The number of hydrogen-bond donors (Lipinski definition) is 5. The van der Waals surface area contributed by atoms with Gasteiger partial charge in [0.15, 0.2) is 0 Å². The standard InChI is InChI=1S/C32H67N2O7P/c1-3-5-7-9-11-13-14-16-17-19-21-23-29(35)27-32(37)34-30(28-41-42(38,39)40-26-25-33)31(36)24-22-20-18-15-12-10-8-6-4-2/h29-31,35-36H,3-28,33H2,1-2H3,(H,34,37)(H,38,39). The normalized spacial score (nSPS) is 15.3. The number of phosphoric ester groups is 1. The molecule has 0 rings (SSSR count). The SMILES string of the molecule is CCCCCCCCCCCCCC(O)CC(=O)NC(COP(=O)(O)OCCN)C(O)CCCCCCCCCCC. The molecule has 4 unspecified atom stereocenters. The van der Waals surface area contributed by atoms with Crippen molar-refractivity contribution >= 4 is 13.7 Å². The van der Waals surface area contributed by atoms with E-state index in [9.17, 15) is 24.5 Å². The number of carbonyl (C=O) groups is 1. The molecule has 0 aliphatic rings. The van der Waals surface area contributed by atoms with Gasteiger partial charge in [-0.3, -0.25) is 13.8 Å². The number of nitrogens with one attached hydrogen (secondary N) is 1. The fourth-order valence-corrected chi connectivity index (χ4v) is 5.88. The van der Waals surface area contributed by atoms with E-state index in [2.05, 4.69) is 19.2 Å². The Bertz CT molecular complexity index is 656. The second-order valence-electron chi connectivity index (χ2n) is 11.9. The van der Waals surface area contributed by atoms with Crippen LogP contribution in [0.5, 0.6) is 0 Å². The topological polar surface area (TPSA) is 151 Å². The molecule has 0 aromatic rings. The first-order valence-electron chi connectivity index (χ1n) is 17.2. The Hall–Kier alpha value is -0.540. The van der Waals surface area contributed by atoms with Gasteiger partial charge < -0.3 is 26.2 Å². The molecule has 0 saturated carbocycles. The largest absolute Gasteiger partial charge is 0.472 e. The quantitative estimate of drug-likeness (QED) is 0.0387. The van der Waals surface area contributed by atoms with E-state index in [0.29, 0.717) is 12.8 Å². The summed E-state index contributed by atoms with van der Waals surface area (Å²) in [5, 5.41) is 23.9. The van der Waals surface area contributed by atoms with Gasteiger partial charge in [0.1, 0.15) is 0 Å². The molecule has 0 heterocycles. The molecule has 9 nitrogen and oxygen atoms in total. The van der Waals surface area contributed by atoms with Crippen molar-refractivity contribution in [2.45, 2.75) is 180 Å². The van der Waals surface area contributed by atoms with Gasteiger partial charge in [-0.2, -0.15) is 0 Å². The van der Waals surface area contributed by atoms with Gasteiger partial charge in [-0.25, -0.2) is 4.57 Å². The fourth-order valence-electron chi connectivity index (χ4n) is 5.12. The molecule has 0 radical (unpaired) electrons. The highest BCUT2D eigenvalue weighted by molar-refractivity contribution is 7.47. The molecule has 4 atom stereocenters. The van der Waals surface area contributed by atoms with E-state index < -0.39 is 32.0 Å². The lowest BCUT2D eigenvalue weighted by Crippen LogP contribution is -2.47. The minimum atomic E-state index is -4.35. The van der Waals surface area contributed by atoms with Crippen LogP contribution in [-0.4, -0.2) is 59.0 Å². The number of carbonyl (C=O) groups excluding carboxylic acids is 1. The second kappa shape index (κ2) is 29.2. The third-order valence-corrected chi connectivity index (χ3v) is 8.75. The Kier molecular flexibility index (Phi) is 28.8. The third-order valence-electron chi connectivity index (χ3n) is 7.77. The molecule has 1 amide bonds. The molecule has 0 bridgehead atoms. The van der Waals surface area contributed by atoms with Crippen LogP contribution in [0.3, 0.4) is 0 Å². The summed E-state index contributed by atoms with van der Waals surface area (Å²) in [4.78, 5) is 22.5. The average Bonchev–Trinajstić information content (AvgIpc) is 2.96. The predicted octanol–water partition coefficient (Wildman–Crippen LogP) is 7.30. The zero-order valence-electron chi connectivity index (χ0n) is 27.1. The molecule has 0 aromatic heterocycles. The number of rotatable bonds is 32. The van der Waals surface area contributed by atoms with E-state index >= 15 is 0 Å². The highest BCUT2D eigenvalue weighted by Crippen LogP contribution is 2.43. The first-order valence-corrected chi connectivity index (χ1v) is 18.7. The Labute approximate surface area is 257 Å². The molecule has 10 heteroatoms. The fraction of sp³-hybridized carbons (Fsp3) is 0.969. The smallest absolute Gasteiger partial charge is 0.393 e. The Balaban J connectivity index is 4.41. The van der Waals surface area contributed by atoms with Gasteiger partial charge >= 0.3 is 7.82 Å². The van der Waals surface area contributed by atoms with E-state index in [1.165, 1.54) is 89.9 Å². The minimum Gasteiger partial charge on any atom is -0.393 e. The van der Waals surface area contributed by atoms with Crippen LogP contribution in [-0.2, 0) is 18.4 Å². The molecule has 0 spiro atoms. The maximum Gasteiger partial charge on any atom is 0.472 e. The average molecular weight is 623 g/mol. The van der Waals surface area contributed by atoms with Gasteiger partial charge in [0, 0.05) is 6.54 Å². The van der Waals surface area contributed by atoms with Crippen LogP contribution in [0.1, 0.15) is 162 Å². The van der Waals surface area contributed by atoms with Crippen LogP contribution < -0.4 is 11.1 Å². The van der Waals surface area contributed by atoms with Crippen molar-refractivity contribution in [2.24, 2.45) is 5.73 Å². The number of phosphoric acid groups is 1. The molecular weight excluding hydrogens is 555 g/mol. The van der Waals surface area contributed by atoms with Crippen molar-refractivity contribution < 1.29 is 33.5 Å². The van der Waals surface area contributed by atoms with Gasteiger partial charge in [0.25, 0.3) is 0 Å². The number of aliphatic hydroxyl groups is 2. The summed E-state index contributed by atoms with van der Waals surface area (Å²) in [7, 11) is -4.35. The summed E-state index contributed by atoms with van der Waals surface area (Å²) in [5.41, 5.74) is 5.33. The molecule has 6 N–H and O–H groups in total. The Morgan fingerprint density at radius 2 is 1.14 bits per heavy atom. The van der Waals surface area contributed by atoms with Gasteiger partial charge in [0.2, 0.25) is 5.91 Å². The van der Waals surface area contributed by atoms with Crippen LogP contribution >= 0.6 is 7.82 Å². The summed E-state index contributed by atoms with van der Waals surface area (Å²) in [6.07, 6.45) is 23.0. The zero-order valence-corrected chi connectivity index (χ0v) is 28.0. The van der Waals surface area contributed by atoms with Gasteiger partial charge in [-0.15, -0.1) is 0 Å². The molecule has 0 saturated heterocycles. The first-order chi connectivity index (χ1) is 20.3. The molecule has 42 heavy (non-hydrogen) atoms. The number of nitrogens with two attached hydrogens (primary N) is 1. The molecule has 0 aliphatic carbocycles. The molecule has 252 valence electrons. The number of aliphatic hydroxyl groups excluding tert-OH is 2. The zero-order chi connectivity index (χ0) is 31.3. The summed E-state index contributed by atoms with van der Waals surface area (Å²) >= 11 is 0. The number of amides is 1. The molecule has 0 fully saturated rings. The highest BCUT2D eigenvalue weighted by Gasteiger charge is 2.28. The summed E-state index contributed by atoms with van der Waals surface area (Å²) in [6.45, 7) is 3.99. The third kappa shape index (κ3) is 27.0. The summed E-state index contributed by atoms with van der Waals surface area (Å²) in [5.74, 6) is -0.416.